The van der Waals surface area contributed by atoms with E-state index in [1.54, 1.807) is 76.2 Å². The van der Waals surface area contributed by atoms with Gasteiger partial charge in [0.15, 0.2) is 0 Å². The van der Waals surface area contributed by atoms with Crippen molar-refractivity contribution in [3.05, 3.63) is 0 Å². The molecule has 30 heteroatoms. The Balaban J connectivity index is 9.68. The third kappa shape index (κ3) is 30.2. The Morgan fingerprint density at radius 3 is 0.408 bits per heavy atom. The Morgan fingerprint density at radius 2 is 0.275 bits per heavy atom. The lowest BCUT2D eigenvalue weighted by Crippen LogP contribution is -2.52. The Bertz CT molecular complexity index is 3450. The van der Waals surface area contributed by atoms with Crippen LogP contribution < -0.4 is 0 Å². The minimum Gasteiger partial charge on any atom is -0.466 e. The van der Waals surface area contributed by atoms with Crippen LogP contribution in [0.3, 0.4) is 0 Å². The smallest absolute Gasteiger partial charge is 0.311 e. The van der Waals surface area contributed by atoms with Gasteiger partial charge in [0.05, 0.1) is 181 Å². The Kier molecular flexibility index (Phi) is 44.5. The van der Waals surface area contributed by atoms with Crippen LogP contribution in [0.2, 0.25) is 0 Å². The first-order valence-corrected chi connectivity index (χ1v) is 42.9. The minimum atomic E-state index is -2.12. The lowest BCUT2D eigenvalue weighted by atomic mass is 9.55. The maximum Gasteiger partial charge on any atom is 0.311 e. The SMILES string of the molecule is CCOC(=O)C(C)CC(C)(CC(C)(CC(C)(CC(C)(CC(C)(CC(C)(CC(C)(CC(C)(CC(C)(CC(C)(CC(C)(CC(C)(CC(C)(CC(C)(C)C(=O)OCC)C(=O)OCC)C(=O)OCC)C(=O)OCC)C(=O)OCC)C(=O)OCC)C(=O)OCC)C(=O)OCC)C(=O)OCC)C(=O)OCC)C(=O)OCC)C(=O)OCC)C(=O)OCC)C(=O)OCC. The van der Waals surface area contributed by atoms with E-state index in [1.165, 1.54) is 138 Å². The summed E-state index contributed by atoms with van der Waals surface area (Å²) in [5, 5.41) is 0. The van der Waals surface area contributed by atoms with E-state index < -0.39 is 248 Å². The molecule has 120 heavy (non-hydrogen) atoms. The lowest BCUT2D eigenvalue weighted by molar-refractivity contribution is -0.179. The Labute approximate surface area is 714 Å². The number of esters is 15. The molecule has 0 aliphatic carbocycles. The first kappa shape index (κ1) is 112. The van der Waals surface area contributed by atoms with Crippen molar-refractivity contribution in [2.24, 2.45) is 81.7 Å². The summed E-state index contributed by atoms with van der Waals surface area (Å²) < 4.78 is 86.6. The largest absolute Gasteiger partial charge is 0.466 e. The molecule has 0 rings (SSSR count). The molecule has 0 saturated carbocycles. The van der Waals surface area contributed by atoms with Gasteiger partial charge in [-0.15, -0.1) is 0 Å². The van der Waals surface area contributed by atoms with E-state index >= 15 is 43.2 Å². The molecule has 14 unspecified atom stereocenters. The summed E-state index contributed by atoms with van der Waals surface area (Å²) in [6.45, 7) is 44.3. The Hall–Kier alpha value is -7.95. The van der Waals surface area contributed by atoms with E-state index in [-0.39, 0.29) is 112 Å². The molecule has 14 atom stereocenters. The molecule has 0 N–H and O–H groups in total. The van der Waals surface area contributed by atoms with Gasteiger partial charge in [-0.2, -0.15) is 0 Å². The number of rotatable bonds is 58. The first-order chi connectivity index (χ1) is 55.3. The van der Waals surface area contributed by atoms with E-state index in [2.05, 4.69) is 0 Å². The van der Waals surface area contributed by atoms with Crippen LogP contribution in [-0.2, 0) is 143 Å². The van der Waals surface area contributed by atoms with Crippen molar-refractivity contribution < 1.29 is 143 Å². The van der Waals surface area contributed by atoms with Crippen LogP contribution in [0.25, 0.3) is 0 Å². The molecular formula is C90H152O30. The summed E-state index contributed by atoms with van der Waals surface area (Å²) in [6, 6.07) is 0. The molecular weight excluding hydrogens is 1560 g/mol. The van der Waals surface area contributed by atoms with Crippen LogP contribution in [-0.4, -0.2) is 189 Å². The van der Waals surface area contributed by atoms with Gasteiger partial charge in [-0.25, -0.2) is 0 Å². The van der Waals surface area contributed by atoms with Gasteiger partial charge >= 0.3 is 89.5 Å². The van der Waals surface area contributed by atoms with E-state index in [4.69, 9.17) is 71.1 Å². The van der Waals surface area contributed by atoms with Crippen LogP contribution in [0.5, 0.6) is 0 Å². The van der Waals surface area contributed by atoms with Gasteiger partial charge in [0.1, 0.15) is 0 Å². The zero-order valence-electron chi connectivity index (χ0n) is 78.8. The molecule has 0 saturated heterocycles. The fourth-order valence-electron chi connectivity index (χ4n) is 19.4. The van der Waals surface area contributed by atoms with E-state index in [1.807, 2.05) is 0 Å². The second-order valence-electron chi connectivity index (χ2n) is 36.4. The quantitative estimate of drug-likeness (QED) is 0.0403. The summed E-state index contributed by atoms with van der Waals surface area (Å²) >= 11 is 0. The van der Waals surface area contributed by atoms with Crippen molar-refractivity contribution in [1.29, 1.82) is 0 Å². The van der Waals surface area contributed by atoms with Crippen LogP contribution in [0, 0.1) is 81.7 Å². The highest BCUT2D eigenvalue weighted by Crippen LogP contribution is 2.60. The molecule has 0 bridgehead atoms. The van der Waals surface area contributed by atoms with Crippen LogP contribution in [0.15, 0.2) is 0 Å². The van der Waals surface area contributed by atoms with Crippen LogP contribution in [0.1, 0.15) is 305 Å². The predicted octanol–water partition coefficient (Wildman–Crippen LogP) is 14.6. The lowest BCUT2D eigenvalue weighted by Gasteiger charge is -2.48. The van der Waals surface area contributed by atoms with Gasteiger partial charge in [0.25, 0.3) is 0 Å². The maximum atomic E-state index is 15.6. The summed E-state index contributed by atoms with van der Waals surface area (Å²) in [5.74, 6) is -14.2. The van der Waals surface area contributed by atoms with Crippen molar-refractivity contribution in [3.63, 3.8) is 0 Å². The standard InChI is InChI=1S/C90H152O30/c1-32-106-62(91)61(16)47-78(19,64(93)108-34-3)49-80(21,66(95)110-36-5)51-82(23,68(97)112-38-7)53-84(25,70(99)114-40-9)55-86(27,72(101)116-42-11)57-88(29,74(103)118-44-13)59-90(31,76(105)120-46-15)60-89(30,75(104)119-45-14)58-87(28,73(102)117-43-12)56-85(26,71(100)115-41-10)54-83(24,69(98)113-39-8)52-81(22,67(96)111-37-6)50-79(20,65(94)109-35-4)48-77(17,18)63(92)107-33-2/h61H,32-60H2,1-31H3. The zero-order valence-corrected chi connectivity index (χ0v) is 78.8. The van der Waals surface area contributed by atoms with Crippen molar-refractivity contribution >= 4 is 89.5 Å². The normalized spacial score (nSPS) is 18.4. The number of carbonyl (C=O) groups excluding carboxylic acids is 15. The summed E-state index contributed by atoms with van der Waals surface area (Å²) in [7, 11) is 0. The second-order valence-corrected chi connectivity index (χ2v) is 36.4. The molecule has 0 aromatic rings. The fourth-order valence-corrected chi connectivity index (χ4v) is 19.4. The van der Waals surface area contributed by atoms with Gasteiger partial charge in [-0.05, 0) is 298 Å². The first-order valence-electron chi connectivity index (χ1n) is 42.9. The molecule has 0 radical (unpaired) electrons. The van der Waals surface area contributed by atoms with Crippen LogP contribution in [0.4, 0.5) is 0 Å². The van der Waals surface area contributed by atoms with Gasteiger partial charge in [0, 0.05) is 0 Å². The van der Waals surface area contributed by atoms with Crippen LogP contribution >= 0.6 is 0 Å². The molecule has 692 valence electrons. The molecule has 0 fully saturated rings. The third-order valence-electron chi connectivity index (χ3n) is 22.5. The molecule has 30 nitrogen and oxygen atoms in total. The highest BCUT2D eigenvalue weighted by atomic mass is 16.6. The maximum absolute atomic E-state index is 15.6. The highest BCUT2D eigenvalue weighted by molar-refractivity contribution is 5.90. The monoisotopic (exact) mass is 1710 g/mol. The van der Waals surface area contributed by atoms with Gasteiger partial charge in [-0.1, -0.05) is 6.92 Å². The van der Waals surface area contributed by atoms with E-state index in [9.17, 15) is 28.8 Å². The molecule has 0 heterocycles. The summed E-state index contributed by atoms with van der Waals surface area (Å²) in [6.07, 6.45) is -7.27. The third-order valence-corrected chi connectivity index (χ3v) is 22.5. The molecule has 0 spiro atoms. The molecule has 0 aromatic heterocycles. The molecule has 0 aliphatic rings. The van der Waals surface area contributed by atoms with Gasteiger partial charge in [-0.3, -0.25) is 71.9 Å². The van der Waals surface area contributed by atoms with Gasteiger partial charge < -0.3 is 71.1 Å². The Morgan fingerprint density at radius 1 is 0.167 bits per heavy atom. The number of hydrogen-bond donors (Lipinski definition) is 0. The molecule has 0 aromatic carbocycles. The second kappa shape index (κ2) is 47.6. The predicted molar refractivity (Wildman–Crippen MR) is 442 cm³/mol. The van der Waals surface area contributed by atoms with E-state index in [0.29, 0.717) is 0 Å². The topological polar surface area (TPSA) is 394 Å². The van der Waals surface area contributed by atoms with Crippen molar-refractivity contribution in [2.75, 3.05) is 99.1 Å². The zero-order chi connectivity index (χ0) is 93.4. The highest BCUT2D eigenvalue weighted by Gasteiger charge is 2.63. The minimum absolute atomic E-state index is 0.0179. The number of ether oxygens (including phenoxy) is 15. The number of carbonyl (C=O) groups is 15. The van der Waals surface area contributed by atoms with Crippen molar-refractivity contribution in [2.45, 2.75) is 305 Å². The van der Waals surface area contributed by atoms with Crippen molar-refractivity contribution in [3.8, 4) is 0 Å². The van der Waals surface area contributed by atoms with Crippen molar-refractivity contribution in [1.82, 2.24) is 0 Å². The fraction of sp³-hybridized carbons (Fsp3) is 0.833. The summed E-state index contributed by atoms with van der Waals surface area (Å²) in [4.78, 5) is 224. The average molecular weight is 1710 g/mol. The van der Waals surface area contributed by atoms with Gasteiger partial charge in [0.2, 0.25) is 0 Å². The number of hydrogen-bond acceptors (Lipinski definition) is 30. The molecule has 0 aliphatic heterocycles. The summed E-state index contributed by atoms with van der Waals surface area (Å²) in [5.41, 5.74) is -27.0. The van der Waals surface area contributed by atoms with E-state index in [0.717, 1.165) is 0 Å². The molecule has 0 amide bonds. The average Bonchev–Trinajstić information content (AvgIpc) is 0.744.